The Kier molecular flexibility index (Phi) is 5.75. The number of carbonyl (C=O) groups is 2. The van der Waals surface area contributed by atoms with E-state index in [2.05, 4.69) is 22.9 Å². The van der Waals surface area contributed by atoms with Crippen molar-refractivity contribution in [3.63, 3.8) is 0 Å². The largest absolute Gasteiger partial charge is 0.335 e. The molecular weight excluding hydrogens is 285 g/mol. The molecule has 2 rings (SSSR count). The second-order valence-electron chi connectivity index (χ2n) is 5.75. The zero-order valence-electron chi connectivity index (χ0n) is 12.7. The van der Waals surface area contributed by atoms with E-state index in [1.54, 1.807) is 6.07 Å². The van der Waals surface area contributed by atoms with Crippen molar-refractivity contribution in [2.45, 2.75) is 38.6 Å². The quantitative estimate of drug-likeness (QED) is 0.800. The third-order valence-electron chi connectivity index (χ3n) is 3.95. The van der Waals surface area contributed by atoms with Crippen LogP contribution < -0.4 is 16.0 Å². The normalized spacial score (nSPS) is 21.0. The van der Waals surface area contributed by atoms with Crippen molar-refractivity contribution in [3.05, 3.63) is 30.1 Å². The summed E-state index contributed by atoms with van der Waals surface area (Å²) in [4.78, 5) is 23.5. The van der Waals surface area contributed by atoms with Crippen molar-refractivity contribution in [2.24, 2.45) is 5.92 Å². The van der Waals surface area contributed by atoms with E-state index in [9.17, 15) is 14.0 Å². The predicted molar refractivity (Wildman–Crippen MR) is 83.0 cm³/mol. The molecular formula is C16H22FN3O2. The van der Waals surface area contributed by atoms with Gasteiger partial charge in [0, 0.05) is 11.7 Å². The molecule has 0 spiro atoms. The van der Waals surface area contributed by atoms with Crippen LogP contribution in [-0.4, -0.2) is 24.5 Å². The van der Waals surface area contributed by atoms with Crippen LogP contribution in [0.5, 0.6) is 0 Å². The molecule has 0 bridgehead atoms. The molecule has 1 aliphatic rings. The molecule has 0 radical (unpaired) electrons. The van der Waals surface area contributed by atoms with Crippen LogP contribution in [0.1, 0.15) is 32.6 Å². The van der Waals surface area contributed by atoms with Gasteiger partial charge < -0.3 is 16.0 Å². The van der Waals surface area contributed by atoms with E-state index in [0.717, 1.165) is 19.3 Å². The van der Waals surface area contributed by atoms with Gasteiger partial charge in [-0.05, 0) is 37.0 Å². The summed E-state index contributed by atoms with van der Waals surface area (Å²) in [5, 5.41) is 7.97. The fourth-order valence-corrected chi connectivity index (χ4v) is 2.68. The van der Waals surface area contributed by atoms with E-state index in [0.29, 0.717) is 11.6 Å². The van der Waals surface area contributed by atoms with Gasteiger partial charge >= 0.3 is 6.03 Å². The van der Waals surface area contributed by atoms with E-state index in [1.807, 2.05) is 0 Å². The first-order valence-electron chi connectivity index (χ1n) is 7.64. The summed E-state index contributed by atoms with van der Waals surface area (Å²) >= 11 is 0. The summed E-state index contributed by atoms with van der Waals surface area (Å²) in [7, 11) is 0. The topological polar surface area (TPSA) is 70.2 Å². The minimum atomic E-state index is -0.421. The Labute approximate surface area is 129 Å². The molecule has 6 heteroatoms. The van der Waals surface area contributed by atoms with Gasteiger partial charge in [0.15, 0.2) is 0 Å². The maximum Gasteiger partial charge on any atom is 0.315 e. The summed E-state index contributed by atoms with van der Waals surface area (Å²) < 4.78 is 13.0. The number of benzene rings is 1. The van der Waals surface area contributed by atoms with Gasteiger partial charge in [0.25, 0.3) is 0 Å². The minimum absolute atomic E-state index is 0.149. The van der Waals surface area contributed by atoms with E-state index < -0.39 is 11.7 Å². The summed E-state index contributed by atoms with van der Waals surface area (Å²) in [6.45, 7) is 1.98. The second kappa shape index (κ2) is 7.77. The molecule has 1 aromatic rings. The van der Waals surface area contributed by atoms with Gasteiger partial charge in [-0.3, -0.25) is 4.79 Å². The number of hydrogen-bond donors (Lipinski definition) is 3. The molecule has 1 aliphatic carbocycles. The third kappa shape index (κ3) is 5.02. The Bertz CT molecular complexity index is 536. The van der Waals surface area contributed by atoms with Gasteiger partial charge in [-0.25, -0.2) is 9.18 Å². The monoisotopic (exact) mass is 307 g/mol. The molecule has 0 heterocycles. The molecule has 2 atom stereocenters. The van der Waals surface area contributed by atoms with Crippen LogP contribution in [0.3, 0.4) is 0 Å². The average Bonchev–Trinajstić information content (AvgIpc) is 2.48. The zero-order valence-corrected chi connectivity index (χ0v) is 12.7. The lowest BCUT2D eigenvalue weighted by Gasteiger charge is -2.29. The van der Waals surface area contributed by atoms with E-state index >= 15 is 0 Å². The Morgan fingerprint density at radius 2 is 2.05 bits per heavy atom. The van der Waals surface area contributed by atoms with E-state index in [1.165, 1.54) is 24.6 Å². The Hall–Kier alpha value is -2.11. The first-order chi connectivity index (χ1) is 10.5. The summed E-state index contributed by atoms with van der Waals surface area (Å²) in [6.07, 6.45) is 4.42. The maximum atomic E-state index is 13.0. The predicted octanol–water partition coefficient (Wildman–Crippen LogP) is 2.64. The van der Waals surface area contributed by atoms with Gasteiger partial charge in [-0.15, -0.1) is 0 Å². The molecule has 22 heavy (non-hydrogen) atoms. The lowest BCUT2D eigenvalue weighted by atomic mass is 9.86. The number of anilines is 1. The molecule has 3 amide bonds. The summed E-state index contributed by atoms with van der Waals surface area (Å²) in [5.41, 5.74) is 0.369. The lowest BCUT2D eigenvalue weighted by Crippen LogP contribution is -2.47. The molecule has 0 aliphatic heterocycles. The minimum Gasteiger partial charge on any atom is -0.335 e. The molecule has 5 nitrogen and oxygen atoms in total. The van der Waals surface area contributed by atoms with Crippen LogP contribution in [-0.2, 0) is 4.79 Å². The Morgan fingerprint density at radius 1 is 1.27 bits per heavy atom. The maximum absolute atomic E-state index is 13.0. The summed E-state index contributed by atoms with van der Waals surface area (Å²) in [5.74, 6) is -0.354. The number of urea groups is 1. The van der Waals surface area contributed by atoms with Gasteiger partial charge in [0.2, 0.25) is 5.91 Å². The Morgan fingerprint density at radius 3 is 2.77 bits per heavy atom. The van der Waals surface area contributed by atoms with Crippen LogP contribution in [0, 0.1) is 11.7 Å². The molecule has 1 saturated carbocycles. The number of rotatable bonds is 4. The van der Waals surface area contributed by atoms with Gasteiger partial charge in [0.05, 0.1) is 6.54 Å². The summed E-state index contributed by atoms with van der Waals surface area (Å²) in [6, 6.07) is 5.45. The van der Waals surface area contributed by atoms with Gasteiger partial charge in [-0.1, -0.05) is 25.8 Å². The average molecular weight is 307 g/mol. The molecule has 1 fully saturated rings. The molecule has 3 N–H and O–H groups in total. The highest BCUT2D eigenvalue weighted by molar-refractivity contribution is 5.94. The number of carbonyl (C=O) groups excluding carboxylic acids is 2. The number of hydrogen-bond acceptors (Lipinski definition) is 2. The fraction of sp³-hybridized carbons (Fsp3) is 0.500. The van der Waals surface area contributed by atoms with Crippen LogP contribution in [0.25, 0.3) is 0 Å². The Balaban J connectivity index is 1.72. The van der Waals surface area contributed by atoms with Gasteiger partial charge in [0.1, 0.15) is 5.82 Å². The molecule has 2 unspecified atom stereocenters. The van der Waals surface area contributed by atoms with Crippen LogP contribution in [0.2, 0.25) is 0 Å². The van der Waals surface area contributed by atoms with Crippen molar-refractivity contribution < 1.29 is 14.0 Å². The first-order valence-corrected chi connectivity index (χ1v) is 7.64. The van der Waals surface area contributed by atoms with Crippen molar-refractivity contribution >= 4 is 17.6 Å². The SMILES string of the molecule is CC1CCCCC1NC(=O)NCC(=O)Nc1cccc(F)c1. The van der Waals surface area contributed by atoms with Crippen molar-refractivity contribution in [3.8, 4) is 0 Å². The highest BCUT2D eigenvalue weighted by Crippen LogP contribution is 2.23. The van der Waals surface area contributed by atoms with Crippen molar-refractivity contribution in [1.29, 1.82) is 0 Å². The van der Waals surface area contributed by atoms with Gasteiger partial charge in [-0.2, -0.15) is 0 Å². The van der Waals surface area contributed by atoms with Crippen molar-refractivity contribution in [2.75, 3.05) is 11.9 Å². The zero-order chi connectivity index (χ0) is 15.9. The highest BCUT2D eigenvalue weighted by Gasteiger charge is 2.22. The third-order valence-corrected chi connectivity index (χ3v) is 3.95. The fourth-order valence-electron chi connectivity index (χ4n) is 2.68. The number of amides is 3. The van der Waals surface area contributed by atoms with Crippen molar-refractivity contribution in [1.82, 2.24) is 10.6 Å². The standard InChI is InChI=1S/C16H22FN3O2/c1-11-5-2-3-8-14(11)20-16(22)18-10-15(21)19-13-7-4-6-12(17)9-13/h4,6-7,9,11,14H,2-3,5,8,10H2,1H3,(H,19,21)(H2,18,20,22). The lowest BCUT2D eigenvalue weighted by molar-refractivity contribution is -0.115. The van der Waals surface area contributed by atoms with E-state index in [-0.39, 0.29) is 18.6 Å². The second-order valence-corrected chi connectivity index (χ2v) is 5.75. The van der Waals surface area contributed by atoms with Crippen LogP contribution >= 0.6 is 0 Å². The van der Waals surface area contributed by atoms with E-state index in [4.69, 9.17) is 0 Å². The van der Waals surface area contributed by atoms with Crippen LogP contribution in [0.15, 0.2) is 24.3 Å². The molecule has 0 saturated heterocycles. The number of halogens is 1. The molecule has 0 aromatic heterocycles. The highest BCUT2D eigenvalue weighted by atomic mass is 19.1. The molecule has 120 valence electrons. The smallest absolute Gasteiger partial charge is 0.315 e. The van der Waals surface area contributed by atoms with Crippen LogP contribution in [0.4, 0.5) is 14.9 Å². The molecule has 1 aromatic carbocycles. The first kappa shape index (κ1) is 16.3. The number of nitrogens with one attached hydrogen (secondary N) is 3.